The van der Waals surface area contributed by atoms with E-state index in [0.29, 0.717) is 44.0 Å². The third-order valence-corrected chi connectivity index (χ3v) is 6.60. The topological polar surface area (TPSA) is 71.1 Å². The second kappa shape index (κ2) is 10.3. The highest BCUT2D eigenvalue weighted by Gasteiger charge is 2.40. The summed E-state index contributed by atoms with van der Waals surface area (Å²) in [6.45, 7) is 6.27. The summed E-state index contributed by atoms with van der Waals surface area (Å²) in [6.07, 6.45) is 0.488. The number of morpholine rings is 1. The molecule has 188 valence electrons. The maximum absolute atomic E-state index is 13.3. The Morgan fingerprint density at radius 1 is 1.20 bits per heavy atom. The fourth-order valence-electron chi connectivity index (χ4n) is 4.46. The molecule has 0 aromatic heterocycles. The summed E-state index contributed by atoms with van der Waals surface area (Å²) in [4.78, 5) is 30.2. The van der Waals surface area contributed by atoms with Crippen molar-refractivity contribution in [3.8, 4) is 5.75 Å². The molecule has 2 aromatic carbocycles. The lowest BCUT2D eigenvalue weighted by Crippen LogP contribution is -2.52. The van der Waals surface area contributed by atoms with E-state index in [1.165, 1.54) is 24.3 Å². The zero-order valence-electron chi connectivity index (χ0n) is 19.2. The number of anilines is 2. The average Bonchev–Trinajstić information content (AvgIpc) is 3.20. The summed E-state index contributed by atoms with van der Waals surface area (Å²) in [5.74, 6) is -0.446. The first kappa shape index (κ1) is 25.7. The first-order valence-corrected chi connectivity index (χ1v) is 12.3. The lowest BCUT2D eigenvalue weighted by molar-refractivity contribution is -0.136. The van der Waals surface area contributed by atoms with Gasteiger partial charge in [0.25, 0.3) is 5.91 Å². The molecule has 1 saturated heterocycles. The predicted octanol–water partition coefficient (Wildman–Crippen LogP) is 4.87. The maximum atomic E-state index is 13.3. The van der Waals surface area contributed by atoms with Crippen molar-refractivity contribution in [2.75, 3.05) is 36.5 Å². The van der Waals surface area contributed by atoms with Gasteiger partial charge < -0.3 is 24.6 Å². The Bertz CT molecular complexity index is 1110. The monoisotopic (exact) mass is 571 g/mol. The van der Waals surface area contributed by atoms with Crippen LogP contribution in [0.1, 0.15) is 29.8 Å². The van der Waals surface area contributed by atoms with E-state index in [4.69, 9.17) is 16.3 Å². The van der Waals surface area contributed by atoms with Crippen LogP contribution in [-0.2, 0) is 16.0 Å². The molecule has 2 heterocycles. The van der Waals surface area contributed by atoms with Crippen LogP contribution in [0, 0.1) is 0 Å². The number of alkyl halides is 3. The third kappa shape index (κ3) is 5.87. The minimum absolute atomic E-state index is 0.0564. The van der Waals surface area contributed by atoms with Gasteiger partial charge in [-0.05, 0) is 71.7 Å². The summed E-state index contributed by atoms with van der Waals surface area (Å²) in [5.41, 5.74) is -1.19. The van der Waals surface area contributed by atoms with E-state index >= 15 is 0 Å². The first-order valence-electron chi connectivity index (χ1n) is 11.2. The number of amides is 2. The number of carbonyl (C=O) groups is 2. The Labute approximate surface area is 215 Å². The Kier molecular flexibility index (Phi) is 7.54. The molecule has 7 nitrogen and oxygen atoms in total. The van der Waals surface area contributed by atoms with Crippen LogP contribution in [0.2, 0.25) is 0 Å². The molecule has 2 aromatic rings. The van der Waals surface area contributed by atoms with Gasteiger partial charge in [-0.15, -0.1) is 8.78 Å². The molecule has 1 N–H and O–H groups in total. The molecule has 2 amide bonds. The quantitative estimate of drug-likeness (QED) is 0.501. The van der Waals surface area contributed by atoms with E-state index < -0.39 is 5.57 Å². The van der Waals surface area contributed by atoms with Gasteiger partial charge in [-0.2, -0.15) is 0 Å². The van der Waals surface area contributed by atoms with Crippen LogP contribution in [0.5, 0.6) is 5.75 Å². The van der Waals surface area contributed by atoms with Gasteiger partial charge in [-0.25, -0.2) is 0 Å². The van der Waals surface area contributed by atoms with Crippen LogP contribution in [-0.4, -0.2) is 60.7 Å². The van der Waals surface area contributed by atoms with Crippen LogP contribution in [0.3, 0.4) is 0 Å². The fourth-order valence-corrected chi connectivity index (χ4v) is 5.25. The van der Waals surface area contributed by atoms with Crippen LogP contribution < -0.4 is 15.0 Å². The number of hydrogen-bond acceptors (Lipinski definition) is 5. The molecule has 35 heavy (non-hydrogen) atoms. The van der Waals surface area contributed by atoms with Gasteiger partial charge in [0.15, 0.2) is 0 Å². The van der Waals surface area contributed by atoms with Gasteiger partial charge in [0.05, 0.1) is 18.9 Å². The first-order chi connectivity index (χ1) is 16.5. The number of fused-ring (bicyclic) bond motifs is 1. The van der Waals surface area contributed by atoms with Crippen molar-refractivity contribution in [1.29, 1.82) is 0 Å². The van der Waals surface area contributed by atoms with Crippen molar-refractivity contribution in [1.82, 2.24) is 4.90 Å². The number of nitrogens with one attached hydrogen (secondary N) is 1. The van der Waals surface area contributed by atoms with E-state index in [0.717, 1.165) is 15.7 Å². The number of halogens is 4. The van der Waals surface area contributed by atoms with Crippen molar-refractivity contribution in [2.45, 2.75) is 37.9 Å². The third-order valence-electron chi connectivity index (χ3n) is 5.92. The molecule has 4 rings (SSSR count). The molecular formula is C24H25BrClF2N3O4. The molecule has 0 aliphatic carbocycles. The SMILES string of the molecule is CC(C)N1c2c(Br)cc(C(=O)Nc3ccc(OC(F)(F)Cl)cc3)cc2CC1C(=O)N1CCOCC1. The number of ether oxygens (including phenoxy) is 2. The maximum Gasteiger partial charge on any atom is 0.487 e. The van der Waals surface area contributed by atoms with Crippen molar-refractivity contribution in [3.05, 3.63) is 52.0 Å². The van der Waals surface area contributed by atoms with Gasteiger partial charge in [0, 0.05) is 52.9 Å². The second-order valence-corrected chi connectivity index (χ2v) is 9.95. The van der Waals surface area contributed by atoms with Gasteiger partial charge in [-0.3, -0.25) is 9.59 Å². The Morgan fingerprint density at radius 2 is 1.86 bits per heavy atom. The normalized spacial score (nSPS) is 18.0. The fraction of sp³-hybridized carbons (Fsp3) is 0.417. The predicted molar refractivity (Wildman–Crippen MR) is 132 cm³/mol. The van der Waals surface area contributed by atoms with E-state index in [-0.39, 0.29) is 29.6 Å². The lowest BCUT2D eigenvalue weighted by atomic mass is 10.1. The molecule has 1 fully saturated rings. The van der Waals surface area contributed by atoms with Crippen molar-refractivity contribution in [2.24, 2.45) is 0 Å². The zero-order chi connectivity index (χ0) is 25.3. The largest absolute Gasteiger partial charge is 0.487 e. The second-order valence-electron chi connectivity index (χ2n) is 8.65. The minimum Gasteiger partial charge on any atom is -0.420 e. The van der Waals surface area contributed by atoms with E-state index in [2.05, 4.69) is 30.9 Å². The molecular weight excluding hydrogens is 548 g/mol. The Hall–Kier alpha value is -2.43. The zero-order valence-corrected chi connectivity index (χ0v) is 21.5. The molecule has 1 unspecified atom stereocenters. The van der Waals surface area contributed by atoms with Gasteiger partial charge in [0.2, 0.25) is 5.91 Å². The standard InChI is InChI=1S/C24H25BrClF2N3O4/c1-14(2)31-20(23(33)30-7-9-34-10-8-30)13-15-11-16(12-19(25)21(15)31)22(32)29-17-3-5-18(6-4-17)35-24(26,27)28/h3-6,11-12,14,20H,7-10,13H2,1-2H3,(H,29,32). The van der Waals surface area contributed by atoms with Gasteiger partial charge in [-0.1, -0.05) is 0 Å². The highest BCUT2D eigenvalue weighted by atomic mass is 79.9. The molecule has 2 aliphatic heterocycles. The number of benzene rings is 2. The van der Waals surface area contributed by atoms with E-state index in [1.54, 1.807) is 12.1 Å². The lowest BCUT2D eigenvalue weighted by Gasteiger charge is -2.36. The van der Waals surface area contributed by atoms with Gasteiger partial charge >= 0.3 is 5.57 Å². The molecule has 1 atom stereocenters. The molecule has 0 saturated carbocycles. The number of hydrogen-bond donors (Lipinski definition) is 1. The van der Waals surface area contributed by atoms with Crippen molar-refractivity contribution < 1.29 is 27.8 Å². The van der Waals surface area contributed by atoms with Crippen LogP contribution >= 0.6 is 27.5 Å². The molecule has 0 spiro atoms. The molecule has 11 heteroatoms. The average molecular weight is 573 g/mol. The Balaban J connectivity index is 1.53. The van der Waals surface area contributed by atoms with Crippen LogP contribution in [0.15, 0.2) is 40.9 Å². The number of nitrogens with zero attached hydrogens (tertiary/aromatic N) is 2. The van der Waals surface area contributed by atoms with E-state index in [9.17, 15) is 18.4 Å². The van der Waals surface area contributed by atoms with Crippen molar-refractivity contribution >= 4 is 50.7 Å². The smallest absolute Gasteiger partial charge is 0.420 e. The van der Waals surface area contributed by atoms with Crippen LogP contribution in [0.25, 0.3) is 0 Å². The van der Waals surface area contributed by atoms with Crippen LogP contribution in [0.4, 0.5) is 20.2 Å². The molecule has 0 bridgehead atoms. The van der Waals surface area contributed by atoms with Crippen molar-refractivity contribution in [3.63, 3.8) is 0 Å². The molecule has 2 aliphatic rings. The Morgan fingerprint density at radius 3 is 2.46 bits per heavy atom. The summed E-state index contributed by atoms with van der Waals surface area (Å²) >= 11 is 8.38. The summed E-state index contributed by atoms with van der Waals surface area (Å²) in [7, 11) is 0. The summed E-state index contributed by atoms with van der Waals surface area (Å²) < 4.78 is 36.0. The molecule has 0 radical (unpaired) electrons. The van der Waals surface area contributed by atoms with E-state index in [1.807, 2.05) is 18.7 Å². The number of rotatable bonds is 6. The summed E-state index contributed by atoms with van der Waals surface area (Å²) in [6, 6.07) is 8.68. The highest BCUT2D eigenvalue weighted by Crippen LogP contribution is 2.41. The van der Waals surface area contributed by atoms with Gasteiger partial charge in [0.1, 0.15) is 11.8 Å². The summed E-state index contributed by atoms with van der Waals surface area (Å²) in [5, 5.41) is 2.75. The highest BCUT2D eigenvalue weighted by molar-refractivity contribution is 9.10. The minimum atomic E-state index is -3.81. The number of carbonyl (C=O) groups excluding carboxylic acids is 2.